The monoisotopic (exact) mass is 317 g/mol. The van der Waals surface area contributed by atoms with Crippen LogP contribution in [0.4, 0.5) is 0 Å². The van der Waals surface area contributed by atoms with Crippen molar-refractivity contribution in [2.45, 2.75) is 19.5 Å². The van der Waals surface area contributed by atoms with Crippen molar-refractivity contribution in [3.05, 3.63) is 41.3 Å². The summed E-state index contributed by atoms with van der Waals surface area (Å²) < 4.78 is 3.46. The number of aromatic nitrogens is 6. The molecule has 0 spiro atoms. The molecule has 0 aromatic carbocycles. The Hall–Kier alpha value is -2.48. The van der Waals surface area contributed by atoms with E-state index in [1.165, 1.54) is 10.7 Å². The van der Waals surface area contributed by atoms with Gasteiger partial charge in [-0.3, -0.25) is 4.79 Å². The fourth-order valence-electron chi connectivity index (χ4n) is 2.69. The van der Waals surface area contributed by atoms with Gasteiger partial charge in [-0.25, -0.2) is 9.50 Å². The van der Waals surface area contributed by atoms with E-state index in [0.29, 0.717) is 29.5 Å². The van der Waals surface area contributed by atoms with Gasteiger partial charge in [0.1, 0.15) is 6.33 Å². The highest BCUT2D eigenvalue weighted by Gasteiger charge is 2.31. The van der Waals surface area contributed by atoms with Crippen molar-refractivity contribution in [1.29, 1.82) is 0 Å². The van der Waals surface area contributed by atoms with E-state index in [2.05, 4.69) is 20.3 Å². The molecule has 9 heteroatoms. The highest BCUT2D eigenvalue weighted by atomic mass is 35.5. The zero-order valence-corrected chi connectivity index (χ0v) is 12.5. The maximum Gasteiger partial charge on any atom is 0.275 e. The topological polar surface area (TPSA) is 81.2 Å². The summed E-state index contributed by atoms with van der Waals surface area (Å²) in [6, 6.07) is 1.51. The van der Waals surface area contributed by atoms with Gasteiger partial charge in [-0.15, -0.1) is 10.2 Å². The smallest absolute Gasteiger partial charge is 0.275 e. The Balaban J connectivity index is 1.68. The molecular formula is C13H12ClN7O. The lowest BCUT2D eigenvalue weighted by Crippen LogP contribution is -2.41. The van der Waals surface area contributed by atoms with Crippen molar-refractivity contribution in [3.63, 3.8) is 0 Å². The average molecular weight is 318 g/mol. The maximum absolute atomic E-state index is 12.7. The second-order valence-corrected chi connectivity index (χ2v) is 5.60. The summed E-state index contributed by atoms with van der Waals surface area (Å²) in [6.45, 7) is 3.20. The van der Waals surface area contributed by atoms with E-state index in [1.807, 2.05) is 11.5 Å². The van der Waals surface area contributed by atoms with Crippen LogP contribution in [0.5, 0.6) is 0 Å². The van der Waals surface area contributed by atoms with Crippen LogP contribution in [0.25, 0.3) is 5.65 Å². The Morgan fingerprint density at radius 1 is 1.41 bits per heavy atom. The molecule has 1 aliphatic heterocycles. The Morgan fingerprint density at radius 3 is 3.14 bits per heavy atom. The Bertz CT molecular complexity index is 870. The van der Waals surface area contributed by atoms with Crippen LogP contribution in [0, 0.1) is 0 Å². The van der Waals surface area contributed by atoms with Gasteiger partial charge in [-0.1, -0.05) is 11.6 Å². The molecule has 0 radical (unpaired) electrons. The molecule has 0 fully saturated rings. The lowest BCUT2D eigenvalue weighted by atomic mass is 10.2. The van der Waals surface area contributed by atoms with Gasteiger partial charge in [0.15, 0.2) is 17.2 Å². The van der Waals surface area contributed by atoms with Crippen molar-refractivity contribution in [1.82, 2.24) is 34.3 Å². The number of nitrogens with zero attached hydrogens (tertiary/aromatic N) is 7. The van der Waals surface area contributed by atoms with E-state index in [-0.39, 0.29) is 11.9 Å². The third-order valence-electron chi connectivity index (χ3n) is 3.83. The first kappa shape index (κ1) is 13.2. The molecule has 0 saturated heterocycles. The number of halogens is 1. The summed E-state index contributed by atoms with van der Waals surface area (Å²) in [4.78, 5) is 18.6. The zero-order chi connectivity index (χ0) is 15.3. The van der Waals surface area contributed by atoms with Gasteiger partial charge in [0.25, 0.3) is 5.91 Å². The lowest BCUT2D eigenvalue weighted by molar-refractivity contribution is 0.0631. The lowest BCUT2D eigenvalue weighted by Gasteiger charge is -2.32. The molecule has 1 amide bonds. The first-order chi connectivity index (χ1) is 10.6. The molecule has 0 bridgehead atoms. The largest absolute Gasteiger partial charge is 0.325 e. The van der Waals surface area contributed by atoms with Crippen molar-refractivity contribution < 1.29 is 4.79 Å². The zero-order valence-electron chi connectivity index (χ0n) is 11.7. The van der Waals surface area contributed by atoms with Crippen LogP contribution in [0.15, 0.2) is 24.8 Å². The van der Waals surface area contributed by atoms with Crippen molar-refractivity contribution in [2.24, 2.45) is 0 Å². The van der Waals surface area contributed by atoms with Crippen molar-refractivity contribution in [2.75, 3.05) is 6.54 Å². The van der Waals surface area contributed by atoms with E-state index >= 15 is 0 Å². The summed E-state index contributed by atoms with van der Waals surface area (Å²) in [5.74, 6) is 0.632. The summed E-state index contributed by atoms with van der Waals surface area (Å²) in [7, 11) is 0. The second kappa shape index (κ2) is 4.77. The van der Waals surface area contributed by atoms with Crippen LogP contribution in [0.1, 0.15) is 29.3 Å². The summed E-state index contributed by atoms with van der Waals surface area (Å²) in [6.07, 6.45) is 4.83. The van der Waals surface area contributed by atoms with Crippen LogP contribution >= 0.6 is 11.6 Å². The van der Waals surface area contributed by atoms with E-state index in [4.69, 9.17) is 11.6 Å². The van der Waals surface area contributed by atoms with E-state index < -0.39 is 0 Å². The molecule has 1 unspecified atom stereocenters. The predicted molar refractivity (Wildman–Crippen MR) is 77.5 cm³/mol. The molecule has 112 valence electrons. The summed E-state index contributed by atoms with van der Waals surface area (Å²) in [5, 5.41) is 12.7. The third-order valence-corrected chi connectivity index (χ3v) is 4.03. The van der Waals surface area contributed by atoms with Crippen LogP contribution in [-0.2, 0) is 6.54 Å². The summed E-state index contributed by atoms with van der Waals surface area (Å²) >= 11 is 5.89. The number of carbonyl (C=O) groups is 1. The quantitative estimate of drug-likeness (QED) is 0.673. The fraction of sp³-hybridized carbons (Fsp3) is 0.308. The van der Waals surface area contributed by atoms with Gasteiger partial charge in [0, 0.05) is 25.4 Å². The Kier molecular flexibility index (Phi) is 2.86. The van der Waals surface area contributed by atoms with Crippen molar-refractivity contribution >= 4 is 23.2 Å². The number of hydrogen-bond donors (Lipinski definition) is 0. The normalized spacial score (nSPS) is 17.7. The van der Waals surface area contributed by atoms with Gasteiger partial charge < -0.3 is 9.47 Å². The van der Waals surface area contributed by atoms with Crippen LogP contribution < -0.4 is 0 Å². The van der Waals surface area contributed by atoms with Gasteiger partial charge in [0.2, 0.25) is 0 Å². The van der Waals surface area contributed by atoms with Crippen LogP contribution in [-0.4, -0.2) is 46.7 Å². The first-order valence-electron chi connectivity index (χ1n) is 6.83. The summed E-state index contributed by atoms with van der Waals surface area (Å²) in [5.41, 5.74) is 0.926. The third kappa shape index (κ3) is 1.95. The molecule has 1 aliphatic rings. The van der Waals surface area contributed by atoms with Crippen LogP contribution in [0.2, 0.25) is 5.02 Å². The van der Waals surface area contributed by atoms with Gasteiger partial charge in [-0.2, -0.15) is 5.10 Å². The molecule has 22 heavy (non-hydrogen) atoms. The number of fused-ring (bicyclic) bond motifs is 2. The Labute approximate surface area is 130 Å². The number of carbonyl (C=O) groups excluding carboxylic acids is 1. The number of rotatable bonds is 1. The van der Waals surface area contributed by atoms with Gasteiger partial charge in [-0.05, 0) is 6.92 Å². The predicted octanol–water partition coefficient (Wildman–Crippen LogP) is 1.19. The molecular weight excluding hydrogens is 306 g/mol. The first-order valence-corrected chi connectivity index (χ1v) is 7.21. The average Bonchev–Trinajstić information content (AvgIpc) is 3.12. The molecule has 3 aromatic rings. The molecule has 0 N–H and O–H groups in total. The maximum atomic E-state index is 12.7. The Morgan fingerprint density at radius 2 is 2.27 bits per heavy atom. The fourth-order valence-corrected chi connectivity index (χ4v) is 2.83. The molecule has 0 saturated carbocycles. The molecule has 8 nitrogen and oxygen atoms in total. The van der Waals surface area contributed by atoms with Gasteiger partial charge >= 0.3 is 0 Å². The van der Waals surface area contributed by atoms with Gasteiger partial charge in [0.05, 0.1) is 17.3 Å². The van der Waals surface area contributed by atoms with Crippen molar-refractivity contribution in [3.8, 4) is 0 Å². The molecule has 3 aromatic heterocycles. The minimum absolute atomic E-state index is 0.148. The van der Waals surface area contributed by atoms with Crippen LogP contribution in [0.3, 0.4) is 0 Å². The highest BCUT2D eigenvalue weighted by molar-refractivity contribution is 6.30. The van der Waals surface area contributed by atoms with E-state index in [0.717, 1.165) is 5.82 Å². The van der Waals surface area contributed by atoms with E-state index in [9.17, 15) is 4.79 Å². The highest BCUT2D eigenvalue weighted by Crippen LogP contribution is 2.24. The molecule has 1 atom stereocenters. The second-order valence-electron chi connectivity index (χ2n) is 5.16. The number of hydrogen-bond acceptors (Lipinski definition) is 5. The minimum atomic E-state index is -0.150. The molecule has 4 heterocycles. The number of amides is 1. The SMILES string of the molecule is CC1c2nncn2CCN1C(=O)c1cc2ncc(Cl)cn2n1. The minimum Gasteiger partial charge on any atom is -0.325 e. The molecule has 0 aliphatic carbocycles. The van der Waals surface area contributed by atoms with E-state index in [1.54, 1.807) is 23.5 Å². The molecule has 4 rings (SSSR count). The standard InChI is InChI=1S/C13H12ClN7O/c1-8-12-17-16-7-19(12)2-3-20(8)13(22)10-4-11-15-5-9(14)6-21(11)18-10/h4-8H,2-3H2,1H3.